The van der Waals surface area contributed by atoms with Crippen molar-refractivity contribution < 1.29 is 9.53 Å². The third-order valence-electron chi connectivity index (χ3n) is 2.59. The van der Waals surface area contributed by atoms with Crippen molar-refractivity contribution in [3.05, 3.63) is 46.2 Å². The normalized spacial score (nSPS) is 12.4. The number of ether oxygens (including phenoxy) is 1. The highest BCUT2D eigenvalue weighted by Crippen LogP contribution is 2.12. The Balaban J connectivity index is 2.63. The topological polar surface area (TPSA) is 48.3 Å². The first-order valence-corrected chi connectivity index (χ1v) is 6.35. The number of aromatic nitrogens is 1. The number of hydrogen-bond acceptors (Lipinski definition) is 3. The second-order valence-electron chi connectivity index (χ2n) is 3.95. The molecule has 0 saturated carbocycles. The van der Waals surface area contributed by atoms with Crippen LogP contribution in [-0.2, 0) is 11.8 Å². The number of carbonyl (C=O) groups is 1. The zero-order chi connectivity index (χ0) is 13.3. The summed E-state index contributed by atoms with van der Waals surface area (Å²) < 4.78 is 6.73. The molecule has 0 radical (unpaired) electrons. The lowest BCUT2D eigenvalue weighted by Crippen LogP contribution is -2.21. The number of rotatable bonds is 2. The van der Waals surface area contributed by atoms with Gasteiger partial charge in [-0.15, -0.1) is 0 Å². The molecule has 18 heavy (non-hydrogen) atoms. The molecule has 0 aliphatic carbocycles. The van der Waals surface area contributed by atoms with Crippen molar-refractivity contribution in [3.8, 4) is 0 Å². The van der Waals surface area contributed by atoms with E-state index in [1.807, 2.05) is 12.1 Å². The number of para-hydroxylation sites is 1. The lowest BCUT2D eigenvalue weighted by atomic mass is 10.1. The van der Waals surface area contributed by atoms with Crippen LogP contribution in [0.5, 0.6) is 0 Å². The molecule has 0 bridgehead atoms. The van der Waals surface area contributed by atoms with Crippen molar-refractivity contribution in [1.82, 2.24) is 4.57 Å². The number of halogens is 1. The zero-order valence-electron chi connectivity index (χ0n) is 10.0. The maximum Gasteiger partial charge on any atom is 0.344 e. The summed E-state index contributed by atoms with van der Waals surface area (Å²) in [5.74, 6) is -0.620. The van der Waals surface area contributed by atoms with E-state index in [4.69, 9.17) is 4.74 Å². The fourth-order valence-corrected chi connectivity index (χ4v) is 1.97. The van der Waals surface area contributed by atoms with Crippen LogP contribution in [0.25, 0.3) is 10.9 Å². The summed E-state index contributed by atoms with van der Waals surface area (Å²) in [6, 6.07) is 7.15. The molecule has 1 aromatic heterocycles. The van der Waals surface area contributed by atoms with Crippen LogP contribution in [0.3, 0.4) is 0 Å². The van der Waals surface area contributed by atoms with Crippen LogP contribution in [0.4, 0.5) is 0 Å². The van der Waals surface area contributed by atoms with Gasteiger partial charge in [0.2, 0.25) is 5.43 Å². The number of fused-ring (bicyclic) bond motifs is 1. The Morgan fingerprint density at radius 3 is 2.72 bits per heavy atom. The lowest BCUT2D eigenvalue weighted by molar-refractivity contribution is 0.0488. The molecule has 0 aliphatic heterocycles. The van der Waals surface area contributed by atoms with Gasteiger partial charge < -0.3 is 9.30 Å². The third kappa shape index (κ3) is 2.31. The van der Waals surface area contributed by atoms with E-state index in [1.165, 1.54) is 6.20 Å². The second-order valence-corrected chi connectivity index (χ2v) is 5.24. The van der Waals surface area contributed by atoms with Crippen molar-refractivity contribution in [2.24, 2.45) is 7.05 Å². The molecule has 0 spiro atoms. The Kier molecular flexibility index (Phi) is 3.52. The SMILES string of the molecule is CC(Br)OC(=O)c1cn(C)c2ccccc2c1=O. The number of esters is 1. The van der Waals surface area contributed by atoms with Gasteiger partial charge in [-0.3, -0.25) is 4.79 Å². The molecule has 1 atom stereocenters. The lowest BCUT2D eigenvalue weighted by Gasteiger charge is -2.09. The average molecular weight is 310 g/mol. The molecule has 94 valence electrons. The van der Waals surface area contributed by atoms with E-state index in [0.29, 0.717) is 5.39 Å². The maximum absolute atomic E-state index is 12.2. The van der Waals surface area contributed by atoms with E-state index in [2.05, 4.69) is 15.9 Å². The van der Waals surface area contributed by atoms with Gasteiger partial charge in [0.1, 0.15) is 5.56 Å². The quantitative estimate of drug-likeness (QED) is 0.632. The largest absolute Gasteiger partial charge is 0.447 e. The first-order chi connectivity index (χ1) is 8.50. The molecule has 5 heteroatoms. The van der Waals surface area contributed by atoms with Crippen LogP contribution in [0.15, 0.2) is 35.3 Å². The van der Waals surface area contributed by atoms with Gasteiger partial charge in [0, 0.05) is 18.6 Å². The first kappa shape index (κ1) is 12.8. The van der Waals surface area contributed by atoms with E-state index in [0.717, 1.165) is 5.52 Å². The van der Waals surface area contributed by atoms with Gasteiger partial charge in [0.15, 0.2) is 5.01 Å². The van der Waals surface area contributed by atoms with E-state index in [1.54, 1.807) is 30.7 Å². The van der Waals surface area contributed by atoms with E-state index in [-0.39, 0.29) is 11.0 Å². The Morgan fingerprint density at radius 1 is 1.39 bits per heavy atom. The molecule has 1 heterocycles. The standard InChI is InChI=1S/C13H12BrNO3/c1-8(14)18-13(17)10-7-15(2)11-6-4-3-5-9(11)12(10)16/h3-8H,1-2H3. The maximum atomic E-state index is 12.2. The predicted octanol–water partition coefficient (Wildman–Crippen LogP) is 2.44. The number of carbonyl (C=O) groups excluding carboxylic acids is 1. The summed E-state index contributed by atoms with van der Waals surface area (Å²) in [5.41, 5.74) is 0.523. The predicted molar refractivity (Wildman–Crippen MR) is 73.0 cm³/mol. The highest BCUT2D eigenvalue weighted by molar-refractivity contribution is 9.09. The number of aryl methyl sites for hydroxylation is 1. The molecule has 0 fully saturated rings. The average Bonchev–Trinajstić information content (AvgIpc) is 2.33. The van der Waals surface area contributed by atoms with Gasteiger partial charge in [-0.1, -0.05) is 12.1 Å². The summed E-state index contributed by atoms with van der Waals surface area (Å²) in [4.78, 5) is 24.0. The third-order valence-corrected chi connectivity index (χ3v) is 2.77. The summed E-state index contributed by atoms with van der Waals surface area (Å²) in [6.45, 7) is 1.67. The minimum atomic E-state index is -0.620. The number of benzene rings is 1. The van der Waals surface area contributed by atoms with Gasteiger partial charge in [-0.25, -0.2) is 4.79 Å². The van der Waals surface area contributed by atoms with Gasteiger partial charge in [-0.05, 0) is 35.0 Å². The summed E-state index contributed by atoms with van der Waals surface area (Å²) in [5, 5.41) is 0.0813. The van der Waals surface area contributed by atoms with Crippen molar-refractivity contribution >= 4 is 32.8 Å². The molecule has 1 unspecified atom stereocenters. The van der Waals surface area contributed by atoms with Crippen LogP contribution in [0.2, 0.25) is 0 Å². The van der Waals surface area contributed by atoms with Crippen molar-refractivity contribution in [2.75, 3.05) is 0 Å². The highest BCUT2D eigenvalue weighted by atomic mass is 79.9. The Bertz CT molecular complexity index is 661. The highest BCUT2D eigenvalue weighted by Gasteiger charge is 2.16. The molecule has 4 nitrogen and oxygen atoms in total. The van der Waals surface area contributed by atoms with Crippen molar-refractivity contribution in [2.45, 2.75) is 11.9 Å². The van der Waals surface area contributed by atoms with Crippen LogP contribution >= 0.6 is 15.9 Å². The smallest absolute Gasteiger partial charge is 0.344 e. The minimum Gasteiger partial charge on any atom is -0.447 e. The van der Waals surface area contributed by atoms with Crippen LogP contribution in [-0.4, -0.2) is 15.5 Å². The molecule has 0 amide bonds. The molecule has 2 aromatic rings. The van der Waals surface area contributed by atoms with E-state index < -0.39 is 11.0 Å². The number of alkyl halides is 1. The van der Waals surface area contributed by atoms with E-state index >= 15 is 0 Å². The first-order valence-electron chi connectivity index (χ1n) is 5.44. The second kappa shape index (κ2) is 4.94. The van der Waals surface area contributed by atoms with Gasteiger partial charge in [-0.2, -0.15) is 0 Å². The molecular weight excluding hydrogens is 298 g/mol. The molecule has 1 aromatic carbocycles. The monoisotopic (exact) mass is 309 g/mol. The molecule has 2 rings (SSSR count). The summed E-state index contributed by atoms with van der Waals surface area (Å²) in [6.07, 6.45) is 1.50. The van der Waals surface area contributed by atoms with E-state index in [9.17, 15) is 9.59 Å². The number of hydrogen-bond donors (Lipinski definition) is 0. The molecule has 0 N–H and O–H groups in total. The van der Waals surface area contributed by atoms with Crippen LogP contribution < -0.4 is 5.43 Å². The van der Waals surface area contributed by atoms with Gasteiger partial charge in [0.05, 0.1) is 5.52 Å². The molecular formula is C13H12BrNO3. The van der Waals surface area contributed by atoms with Gasteiger partial charge in [0.25, 0.3) is 0 Å². The van der Waals surface area contributed by atoms with Crippen molar-refractivity contribution in [3.63, 3.8) is 0 Å². The summed E-state index contributed by atoms with van der Waals surface area (Å²) >= 11 is 3.11. The zero-order valence-corrected chi connectivity index (χ0v) is 11.6. The number of pyridine rings is 1. The molecule has 0 saturated heterocycles. The fraction of sp³-hybridized carbons (Fsp3) is 0.231. The summed E-state index contributed by atoms with van der Waals surface area (Å²) in [7, 11) is 1.79. The van der Waals surface area contributed by atoms with Crippen LogP contribution in [0.1, 0.15) is 17.3 Å². The van der Waals surface area contributed by atoms with Gasteiger partial charge >= 0.3 is 5.97 Å². The van der Waals surface area contributed by atoms with Crippen LogP contribution in [0, 0.1) is 0 Å². The number of nitrogens with zero attached hydrogens (tertiary/aromatic N) is 1. The fourth-order valence-electron chi connectivity index (χ4n) is 1.80. The minimum absolute atomic E-state index is 0.0440. The molecule has 0 aliphatic rings. The Labute approximate surface area is 112 Å². The van der Waals surface area contributed by atoms with Crippen molar-refractivity contribution in [1.29, 1.82) is 0 Å². The Morgan fingerprint density at radius 2 is 2.06 bits per heavy atom. The Hall–Kier alpha value is -1.62.